The molecule has 1 aromatic rings. The molecule has 5 atom stereocenters. The van der Waals surface area contributed by atoms with E-state index in [1.165, 1.54) is 24.5 Å². The average molecular weight is 542 g/mol. The van der Waals surface area contributed by atoms with Crippen LogP contribution in [0.2, 0.25) is 5.02 Å². The van der Waals surface area contributed by atoms with E-state index in [4.69, 9.17) is 22.4 Å². The van der Waals surface area contributed by atoms with E-state index in [-0.39, 0.29) is 46.8 Å². The maximum Gasteiger partial charge on any atom is 0.305 e. The topological polar surface area (TPSA) is 173 Å². The summed E-state index contributed by atoms with van der Waals surface area (Å²) in [5, 5.41) is 14.1. The van der Waals surface area contributed by atoms with Crippen LogP contribution in [0, 0.1) is 11.8 Å². The van der Waals surface area contributed by atoms with Crippen molar-refractivity contribution in [3.05, 3.63) is 28.8 Å². The Hall–Kier alpha value is -2.79. The summed E-state index contributed by atoms with van der Waals surface area (Å²) in [5.41, 5.74) is 6.22. The number of halogens is 1. The van der Waals surface area contributed by atoms with Gasteiger partial charge in [0.2, 0.25) is 5.91 Å². The molecular formula is C24H32ClN3O7S. The van der Waals surface area contributed by atoms with E-state index in [1.54, 1.807) is 0 Å². The van der Waals surface area contributed by atoms with Gasteiger partial charge in [-0.2, -0.15) is 0 Å². The van der Waals surface area contributed by atoms with Crippen LogP contribution in [0.3, 0.4) is 0 Å². The first-order valence-corrected chi connectivity index (χ1v) is 13.8. The molecule has 0 saturated heterocycles. The van der Waals surface area contributed by atoms with Gasteiger partial charge in [-0.3, -0.25) is 23.4 Å². The van der Waals surface area contributed by atoms with Gasteiger partial charge in [0.15, 0.2) is 5.78 Å². The Kier molecular flexibility index (Phi) is 11.5. The van der Waals surface area contributed by atoms with Crippen molar-refractivity contribution in [3.63, 3.8) is 0 Å². The summed E-state index contributed by atoms with van der Waals surface area (Å²) in [6, 6.07) is 2.36. The molecule has 0 bridgehead atoms. The fourth-order valence-electron chi connectivity index (χ4n) is 4.45. The van der Waals surface area contributed by atoms with Gasteiger partial charge < -0.3 is 26.3 Å². The van der Waals surface area contributed by atoms with Gasteiger partial charge in [0, 0.05) is 35.5 Å². The van der Waals surface area contributed by atoms with E-state index in [1.807, 2.05) is 0 Å². The van der Waals surface area contributed by atoms with Crippen molar-refractivity contribution in [1.29, 1.82) is 0 Å². The SMILES string of the molecule is CS(=O)C[C@H](NC(=O)c1ccc(N)c(Cl)c1)C(=O)CCC1CCCC1CC(=O)N[C@H](C=O)CC(=O)O. The zero-order valence-corrected chi connectivity index (χ0v) is 21.6. The molecule has 3 unspecified atom stereocenters. The quantitative estimate of drug-likeness (QED) is 0.203. The molecule has 0 aromatic heterocycles. The molecule has 1 fully saturated rings. The van der Waals surface area contributed by atoms with Crippen molar-refractivity contribution in [2.45, 2.75) is 57.0 Å². The summed E-state index contributed by atoms with van der Waals surface area (Å²) in [7, 11) is -1.33. The van der Waals surface area contributed by atoms with Crippen molar-refractivity contribution in [2.24, 2.45) is 11.8 Å². The Bertz CT molecular complexity index is 1020. The number of carboxylic acids is 1. The van der Waals surface area contributed by atoms with E-state index in [9.17, 15) is 28.2 Å². The summed E-state index contributed by atoms with van der Waals surface area (Å²) in [5.74, 6) is -2.29. The number of carbonyl (C=O) groups excluding carboxylic acids is 4. The first-order valence-electron chi connectivity index (χ1n) is 11.6. The second-order valence-corrected chi connectivity index (χ2v) is 11.0. The third-order valence-electron chi connectivity index (χ3n) is 6.29. The Morgan fingerprint density at radius 2 is 1.92 bits per heavy atom. The number of nitrogens with one attached hydrogen (secondary N) is 2. The highest BCUT2D eigenvalue weighted by molar-refractivity contribution is 7.84. The predicted octanol–water partition coefficient (Wildman–Crippen LogP) is 1.71. The second kappa shape index (κ2) is 14.1. The van der Waals surface area contributed by atoms with Crippen LogP contribution in [0.1, 0.15) is 55.3 Å². The van der Waals surface area contributed by atoms with Crippen molar-refractivity contribution >= 4 is 57.9 Å². The van der Waals surface area contributed by atoms with Crippen LogP contribution in [0.4, 0.5) is 5.69 Å². The highest BCUT2D eigenvalue weighted by Crippen LogP contribution is 2.37. The largest absolute Gasteiger partial charge is 0.481 e. The lowest BCUT2D eigenvalue weighted by Gasteiger charge is -2.22. The molecule has 1 aliphatic rings. The van der Waals surface area contributed by atoms with Gasteiger partial charge in [-0.05, 0) is 42.9 Å². The number of anilines is 1. The Morgan fingerprint density at radius 3 is 2.53 bits per heavy atom. The third-order valence-corrected chi connectivity index (χ3v) is 7.42. The Labute approximate surface area is 217 Å². The molecule has 10 nitrogen and oxygen atoms in total. The van der Waals surface area contributed by atoms with Crippen LogP contribution in [0.25, 0.3) is 0 Å². The van der Waals surface area contributed by atoms with Gasteiger partial charge in [-0.1, -0.05) is 24.4 Å². The van der Waals surface area contributed by atoms with E-state index < -0.39 is 47.1 Å². The summed E-state index contributed by atoms with van der Waals surface area (Å²) in [4.78, 5) is 59.8. The summed E-state index contributed by atoms with van der Waals surface area (Å²) in [6.45, 7) is 0. The minimum Gasteiger partial charge on any atom is -0.481 e. The van der Waals surface area contributed by atoms with Gasteiger partial charge in [0.25, 0.3) is 5.91 Å². The first kappa shape index (κ1) is 29.4. The number of hydrogen-bond acceptors (Lipinski definition) is 7. The number of aldehydes is 1. The van der Waals surface area contributed by atoms with Crippen molar-refractivity contribution in [3.8, 4) is 0 Å². The number of carbonyl (C=O) groups is 5. The number of rotatable bonds is 14. The van der Waals surface area contributed by atoms with Crippen molar-refractivity contribution in [2.75, 3.05) is 17.7 Å². The van der Waals surface area contributed by atoms with Gasteiger partial charge in [0.05, 0.1) is 35.0 Å². The number of amides is 2. The molecule has 1 saturated carbocycles. The second-order valence-electron chi connectivity index (χ2n) is 9.07. The third kappa shape index (κ3) is 9.34. The zero-order chi connectivity index (χ0) is 26.8. The number of nitrogen functional groups attached to an aromatic ring is 1. The van der Waals surface area contributed by atoms with E-state index >= 15 is 0 Å². The van der Waals surface area contributed by atoms with Crippen LogP contribution < -0.4 is 16.4 Å². The maximum absolute atomic E-state index is 13.0. The molecule has 0 aliphatic heterocycles. The van der Waals surface area contributed by atoms with E-state index in [0.29, 0.717) is 18.4 Å². The molecule has 1 aromatic carbocycles. The fourth-order valence-corrected chi connectivity index (χ4v) is 5.37. The molecule has 0 heterocycles. The zero-order valence-electron chi connectivity index (χ0n) is 20.0. The van der Waals surface area contributed by atoms with Crippen molar-refractivity contribution < 1.29 is 33.3 Å². The minimum atomic E-state index is -1.33. The standard InChI is InChI=1S/C24H32ClN3O7S/c1-36(35)13-20(28-24(34)16-5-7-19(26)18(25)9-16)21(30)8-6-14-3-2-4-15(14)10-22(31)27-17(12-29)11-23(32)33/h5,7,9,12,14-15,17,20H,2-4,6,8,10-11,13,26H2,1H3,(H,27,31)(H,28,34)(H,32,33)/t14?,15?,17-,20-,36?/m0/s1. The lowest BCUT2D eigenvalue weighted by molar-refractivity contribution is -0.138. The van der Waals surface area contributed by atoms with Crippen LogP contribution in [0.15, 0.2) is 18.2 Å². The number of nitrogens with two attached hydrogens (primary N) is 1. The highest BCUT2D eigenvalue weighted by atomic mass is 35.5. The summed E-state index contributed by atoms with van der Waals surface area (Å²) < 4.78 is 11.9. The lowest BCUT2D eigenvalue weighted by Crippen LogP contribution is -2.44. The minimum absolute atomic E-state index is 0.000183. The van der Waals surface area contributed by atoms with Crippen LogP contribution in [-0.4, -0.2) is 63.3 Å². The number of Topliss-reactive ketones (excluding diaryl/α,β-unsaturated/α-hetero) is 1. The molecule has 2 amide bonds. The van der Waals surface area contributed by atoms with Crippen molar-refractivity contribution in [1.82, 2.24) is 10.6 Å². The first-order chi connectivity index (χ1) is 17.0. The number of carboxylic acid groups (broad SMARTS) is 1. The maximum atomic E-state index is 13.0. The molecule has 0 radical (unpaired) electrons. The van der Waals surface area contributed by atoms with Gasteiger partial charge in [-0.25, -0.2) is 0 Å². The molecule has 5 N–H and O–H groups in total. The van der Waals surface area contributed by atoms with Crippen LogP contribution in [0.5, 0.6) is 0 Å². The van der Waals surface area contributed by atoms with Gasteiger partial charge in [-0.15, -0.1) is 0 Å². The van der Waals surface area contributed by atoms with Crippen LogP contribution in [-0.2, 0) is 30.0 Å². The molecule has 12 heteroatoms. The van der Waals surface area contributed by atoms with E-state index in [2.05, 4.69) is 10.6 Å². The van der Waals surface area contributed by atoms with E-state index in [0.717, 1.165) is 19.3 Å². The normalized spacial score (nSPS) is 19.6. The molecular weight excluding hydrogens is 510 g/mol. The summed E-state index contributed by atoms with van der Waals surface area (Å²) in [6.07, 6.45) is 4.66. The molecule has 0 spiro atoms. The summed E-state index contributed by atoms with van der Waals surface area (Å²) >= 11 is 5.98. The smallest absolute Gasteiger partial charge is 0.305 e. The molecule has 198 valence electrons. The van der Waals surface area contributed by atoms with Gasteiger partial charge >= 0.3 is 5.97 Å². The number of benzene rings is 1. The Morgan fingerprint density at radius 1 is 1.22 bits per heavy atom. The lowest BCUT2D eigenvalue weighted by atomic mass is 9.87. The highest BCUT2D eigenvalue weighted by Gasteiger charge is 2.31. The monoisotopic (exact) mass is 541 g/mol. The molecule has 2 rings (SSSR count). The number of hydrogen-bond donors (Lipinski definition) is 4. The fraction of sp³-hybridized carbons (Fsp3) is 0.542. The number of ketones is 1. The van der Waals surface area contributed by atoms with Crippen LogP contribution >= 0.6 is 11.6 Å². The Balaban J connectivity index is 1.95. The molecule has 1 aliphatic carbocycles. The van der Waals surface area contributed by atoms with Gasteiger partial charge in [0.1, 0.15) is 6.29 Å². The number of aliphatic carboxylic acids is 1. The molecule has 36 heavy (non-hydrogen) atoms. The predicted molar refractivity (Wildman–Crippen MR) is 136 cm³/mol. The average Bonchev–Trinajstić information content (AvgIpc) is 3.24.